The number of rotatable bonds is 3. The molecule has 0 bridgehead atoms. The third kappa shape index (κ3) is 2.98. The summed E-state index contributed by atoms with van der Waals surface area (Å²) in [5.41, 5.74) is 6.53. The van der Waals surface area contributed by atoms with Crippen molar-refractivity contribution in [3.8, 4) is 5.75 Å². The van der Waals surface area contributed by atoms with Gasteiger partial charge in [-0.25, -0.2) is 0 Å². The zero-order valence-corrected chi connectivity index (χ0v) is 8.48. The van der Waals surface area contributed by atoms with E-state index < -0.39 is 7.50 Å². The van der Waals surface area contributed by atoms with Crippen molar-refractivity contribution >= 4 is 18.7 Å². The van der Waals surface area contributed by atoms with Crippen molar-refractivity contribution in [1.29, 1.82) is 0 Å². The van der Waals surface area contributed by atoms with E-state index in [0.717, 1.165) is 11.3 Å². The molecule has 0 aliphatic heterocycles. The van der Waals surface area contributed by atoms with Gasteiger partial charge in [-0.05, 0) is 17.7 Å². The van der Waals surface area contributed by atoms with E-state index in [2.05, 4.69) is 0 Å². The van der Waals surface area contributed by atoms with Crippen LogP contribution in [0.2, 0.25) is 0 Å². The second-order valence-electron chi connectivity index (χ2n) is 2.36. The number of nitrogens with two attached hydrogens (primary N) is 1. The van der Waals surface area contributed by atoms with Crippen molar-refractivity contribution in [2.75, 3.05) is 6.66 Å². The summed E-state index contributed by atoms with van der Waals surface area (Å²) >= 11 is 5.70. The van der Waals surface area contributed by atoms with Crippen LogP contribution in [0.15, 0.2) is 24.3 Å². The van der Waals surface area contributed by atoms with E-state index in [1.165, 1.54) is 0 Å². The average Bonchev–Trinajstić information content (AvgIpc) is 2.05. The van der Waals surface area contributed by atoms with Gasteiger partial charge in [-0.3, -0.25) is 0 Å². The van der Waals surface area contributed by atoms with E-state index in [-0.39, 0.29) is 0 Å². The lowest BCUT2D eigenvalue weighted by molar-refractivity contribution is 0.630. The van der Waals surface area contributed by atoms with Gasteiger partial charge in [0.05, 0.1) is 0 Å². The van der Waals surface area contributed by atoms with E-state index in [0.29, 0.717) is 6.54 Å². The lowest BCUT2D eigenvalue weighted by atomic mass is 10.2. The Morgan fingerprint density at radius 1 is 1.42 bits per heavy atom. The number of benzene rings is 1. The molecule has 0 saturated heterocycles. The Morgan fingerprint density at radius 2 is 2.00 bits per heavy atom. The predicted octanol–water partition coefficient (Wildman–Crippen LogP) is 2.70. The zero-order chi connectivity index (χ0) is 8.97. The average molecular weight is 204 g/mol. The molecule has 0 aliphatic rings. The van der Waals surface area contributed by atoms with Crippen molar-refractivity contribution in [2.45, 2.75) is 6.54 Å². The topological polar surface area (TPSA) is 35.2 Å². The van der Waals surface area contributed by atoms with Crippen LogP contribution in [0.5, 0.6) is 5.75 Å². The highest BCUT2D eigenvalue weighted by atomic mass is 35.7. The van der Waals surface area contributed by atoms with Gasteiger partial charge in [-0.1, -0.05) is 23.4 Å². The van der Waals surface area contributed by atoms with Crippen LogP contribution in [0.25, 0.3) is 0 Å². The smallest absolute Gasteiger partial charge is 0.179 e. The van der Waals surface area contributed by atoms with Gasteiger partial charge in [0.15, 0.2) is 7.50 Å². The minimum atomic E-state index is -0.850. The SMILES string of the molecule is CP(Cl)Oc1ccc(CN)cc1. The van der Waals surface area contributed by atoms with Gasteiger partial charge in [-0.2, -0.15) is 0 Å². The monoisotopic (exact) mass is 203 g/mol. The zero-order valence-electron chi connectivity index (χ0n) is 6.83. The van der Waals surface area contributed by atoms with E-state index in [4.69, 9.17) is 21.5 Å². The largest absolute Gasteiger partial charge is 0.458 e. The highest BCUT2D eigenvalue weighted by Crippen LogP contribution is 2.38. The molecule has 4 heteroatoms. The van der Waals surface area contributed by atoms with Gasteiger partial charge in [0.1, 0.15) is 5.75 Å². The fourth-order valence-corrected chi connectivity index (χ4v) is 1.48. The molecule has 0 amide bonds. The molecule has 1 aromatic carbocycles. The van der Waals surface area contributed by atoms with Crippen molar-refractivity contribution in [2.24, 2.45) is 5.73 Å². The highest BCUT2D eigenvalue weighted by Gasteiger charge is 1.98. The van der Waals surface area contributed by atoms with Gasteiger partial charge < -0.3 is 10.3 Å². The summed E-state index contributed by atoms with van der Waals surface area (Å²) in [6, 6.07) is 7.63. The molecule has 0 aromatic heterocycles. The van der Waals surface area contributed by atoms with Gasteiger partial charge in [-0.15, -0.1) is 0 Å². The summed E-state index contributed by atoms with van der Waals surface area (Å²) < 4.78 is 5.30. The molecule has 0 saturated carbocycles. The molecule has 0 radical (unpaired) electrons. The maximum Gasteiger partial charge on any atom is 0.179 e. The second kappa shape index (κ2) is 4.66. The minimum Gasteiger partial charge on any atom is -0.458 e. The Kier molecular flexibility index (Phi) is 3.80. The minimum absolute atomic E-state index is 0.558. The van der Waals surface area contributed by atoms with Crippen LogP contribution in [-0.2, 0) is 6.54 Å². The third-order valence-corrected chi connectivity index (χ3v) is 2.06. The van der Waals surface area contributed by atoms with Crippen LogP contribution < -0.4 is 10.3 Å². The van der Waals surface area contributed by atoms with Crippen LogP contribution in [0.3, 0.4) is 0 Å². The standard InChI is InChI=1S/C8H11ClNOP/c1-12(9)11-8-4-2-7(6-10)3-5-8/h2-5H,6,10H2,1H3. The lowest BCUT2D eigenvalue weighted by Gasteiger charge is -2.06. The van der Waals surface area contributed by atoms with Gasteiger partial charge in [0, 0.05) is 13.2 Å². The molecule has 1 rings (SSSR count). The first-order chi connectivity index (χ1) is 5.72. The quantitative estimate of drug-likeness (QED) is 0.767. The van der Waals surface area contributed by atoms with Gasteiger partial charge >= 0.3 is 0 Å². The Balaban J connectivity index is 2.65. The lowest BCUT2D eigenvalue weighted by Crippen LogP contribution is -1.95. The summed E-state index contributed by atoms with van der Waals surface area (Å²) in [4.78, 5) is 0. The fraction of sp³-hybridized carbons (Fsp3) is 0.250. The summed E-state index contributed by atoms with van der Waals surface area (Å²) in [7, 11) is -0.850. The third-order valence-electron chi connectivity index (χ3n) is 1.39. The second-order valence-corrected chi connectivity index (χ2v) is 4.81. The van der Waals surface area contributed by atoms with Crippen molar-refractivity contribution < 1.29 is 4.52 Å². The maximum absolute atomic E-state index is 5.70. The summed E-state index contributed by atoms with van der Waals surface area (Å²) in [5, 5.41) is 0. The molecule has 1 aromatic rings. The first-order valence-corrected chi connectivity index (χ1v) is 6.20. The first-order valence-electron chi connectivity index (χ1n) is 3.59. The Labute approximate surface area is 78.3 Å². The van der Waals surface area contributed by atoms with E-state index in [1.807, 2.05) is 30.9 Å². The normalized spacial score (nSPS) is 12.6. The summed E-state index contributed by atoms with van der Waals surface area (Å²) in [6.45, 7) is 2.40. The molecule has 0 heterocycles. The molecule has 2 nitrogen and oxygen atoms in total. The maximum atomic E-state index is 5.70. The molecule has 66 valence electrons. The van der Waals surface area contributed by atoms with E-state index in [1.54, 1.807) is 0 Å². The summed E-state index contributed by atoms with van der Waals surface area (Å²) in [5.74, 6) is 0.802. The molecule has 12 heavy (non-hydrogen) atoms. The molecular formula is C8H11ClNOP. The molecular weight excluding hydrogens is 193 g/mol. The van der Waals surface area contributed by atoms with Crippen LogP contribution in [0.4, 0.5) is 0 Å². The van der Waals surface area contributed by atoms with Crippen LogP contribution in [0.1, 0.15) is 5.56 Å². The number of halogens is 1. The summed E-state index contributed by atoms with van der Waals surface area (Å²) in [6.07, 6.45) is 0. The number of hydrogen-bond donors (Lipinski definition) is 1. The van der Waals surface area contributed by atoms with Crippen molar-refractivity contribution in [1.82, 2.24) is 0 Å². The molecule has 2 N–H and O–H groups in total. The molecule has 1 unspecified atom stereocenters. The molecule has 0 spiro atoms. The van der Waals surface area contributed by atoms with Crippen LogP contribution >= 0.6 is 18.7 Å². The molecule has 1 atom stereocenters. The van der Waals surface area contributed by atoms with Crippen LogP contribution in [0, 0.1) is 0 Å². The highest BCUT2D eigenvalue weighted by molar-refractivity contribution is 7.79. The first kappa shape index (κ1) is 9.79. The Hall–Kier alpha value is -0.300. The van der Waals surface area contributed by atoms with Gasteiger partial charge in [0.25, 0.3) is 0 Å². The van der Waals surface area contributed by atoms with Gasteiger partial charge in [0.2, 0.25) is 0 Å². The van der Waals surface area contributed by atoms with E-state index >= 15 is 0 Å². The Bertz CT molecular complexity index is 237. The molecule has 0 aliphatic carbocycles. The van der Waals surface area contributed by atoms with Crippen molar-refractivity contribution in [3.05, 3.63) is 29.8 Å². The van der Waals surface area contributed by atoms with E-state index in [9.17, 15) is 0 Å². The van der Waals surface area contributed by atoms with Crippen molar-refractivity contribution in [3.63, 3.8) is 0 Å². The predicted molar refractivity (Wildman–Crippen MR) is 53.7 cm³/mol. The van der Waals surface area contributed by atoms with Crippen LogP contribution in [-0.4, -0.2) is 6.66 Å². The Morgan fingerprint density at radius 3 is 2.42 bits per heavy atom. The molecule has 0 fully saturated rings. The fourth-order valence-electron chi connectivity index (χ4n) is 0.832. The number of hydrogen-bond acceptors (Lipinski definition) is 2.